The van der Waals surface area contributed by atoms with E-state index < -0.39 is 0 Å². The predicted molar refractivity (Wildman–Crippen MR) is 233 cm³/mol. The van der Waals surface area contributed by atoms with Crippen LogP contribution in [0.25, 0.3) is 77.2 Å². The van der Waals surface area contributed by atoms with Crippen molar-refractivity contribution in [1.29, 1.82) is 5.26 Å². The van der Waals surface area contributed by atoms with Crippen LogP contribution in [0.2, 0.25) is 0 Å². The van der Waals surface area contributed by atoms with Gasteiger partial charge in [-0.15, -0.1) is 0 Å². The van der Waals surface area contributed by atoms with Gasteiger partial charge in [0.15, 0.2) is 0 Å². The first-order valence-electron chi connectivity index (χ1n) is 19.0. The molecule has 0 atom stereocenters. The van der Waals surface area contributed by atoms with Crippen LogP contribution < -0.4 is 4.90 Å². The van der Waals surface area contributed by atoms with Gasteiger partial charge in [0, 0.05) is 17.1 Å². The van der Waals surface area contributed by atoms with Crippen molar-refractivity contribution in [3.05, 3.63) is 200 Å². The largest absolute Gasteiger partial charge is 0.310 e. The molecule has 10 rings (SSSR count). The summed E-state index contributed by atoms with van der Waals surface area (Å²) in [4.78, 5) is 2.23. The zero-order chi connectivity index (χ0) is 37.3. The summed E-state index contributed by atoms with van der Waals surface area (Å²) in [6.07, 6.45) is 0. The van der Waals surface area contributed by atoms with Gasteiger partial charge in [0.1, 0.15) is 0 Å². The molecule has 9 aromatic rings. The molecule has 0 radical (unpaired) electrons. The normalized spacial score (nSPS) is 11.1. The van der Waals surface area contributed by atoms with Crippen LogP contribution in [0.15, 0.2) is 194 Å². The molecule has 0 fully saturated rings. The summed E-state index contributed by atoms with van der Waals surface area (Å²) >= 11 is 0. The van der Waals surface area contributed by atoms with Crippen molar-refractivity contribution in [1.82, 2.24) is 0 Å². The molecule has 260 valence electrons. The zero-order valence-corrected chi connectivity index (χ0v) is 30.9. The molecule has 0 aromatic heterocycles. The third kappa shape index (κ3) is 5.66. The minimum absolute atomic E-state index is 0.629. The highest BCUT2D eigenvalue weighted by atomic mass is 15.1. The molecule has 0 amide bonds. The Morgan fingerprint density at radius 1 is 0.364 bits per heavy atom. The summed E-state index contributed by atoms with van der Waals surface area (Å²) in [7, 11) is 0. The number of nitrogens with zero attached hydrogens (tertiary/aromatic N) is 2. The molecule has 0 saturated carbocycles. The third-order valence-corrected chi connectivity index (χ3v) is 10.6. The lowest BCUT2D eigenvalue weighted by Gasteiger charge is -2.26. The van der Waals surface area contributed by atoms with Crippen LogP contribution in [0.1, 0.15) is 19.4 Å². The number of rotatable bonds is 6. The van der Waals surface area contributed by atoms with Gasteiger partial charge in [-0.05, 0) is 120 Å². The van der Waals surface area contributed by atoms with Gasteiger partial charge in [0.2, 0.25) is 0 Å². The molecule has 1 aliphatic carbocycles. The molecule has 55 heavy (non-hydrogen) atoms. The van der Waals surface area contributed by atoms with E-state index in [1.165, 1.54) is 71.6 Å². The van der Waals surface area contributed by atoms with E-state index in [2.05, 4.69) is 181 Å². The summed E-state index contributed by atoms with van der Waals surface area (Å²) < 4.78 is 0. The molecule has 0 N–H and O–H groups in total. The quantitative estimate of drug-likeness (QED) is 0.172. The molecular formula is C53H38N2. The maximum atomic E-state index is 9.74. The van der Waals surface area contributed by atoms with Gasteiger partial charge in [0.05, 0.1) is 11.6 Å². The molecule has 9 aromatic carbocycles. The van der Waals surface area contributed by atoms with Crippen LogP contribution in [-0.4, -0.2) is 0 Å². The monoisotopic (exact) mass is 702 g/mol. The van der Waals surface area contributed by atoms with Gasteiger partial charge in [-0.1, -0.05) is 166 Å². The smallest absolute Gasteiger partial charge is 0.0992 e. The Bertz CT molecular complexity index is 2790. The fourth-order valence-electron chi connectivity index (χ4n) is 8.41. The van der Waals surface area contributed by atoms with Crippen molar-refractivity contribution < 1.29 is 0 Å². The van der Waals surface area contributed by atoms with Crippen molar-refractivity contribution in [2.24, 2.45) is 0 Å². The third-order valence-electron chi connectivity index (χ3n) is 10.6. The fourth-order valence-corrected chi connectivity index (χ4v) is 8.41. The number of fused-ring (bicyclic) bond motifs is 4. The van der Waals surface area contributed by atoms with Crippen LogP contribution in [0.5, 0.6) is 0 Å². The van der Waals surface area contributed by atoms with E-state index in [0.717, 1.165) is 22.6 Å². The van der Waals surface area contributed by atoms with Crippen molar-refractivity contribution in [2.45, 2.75) is 13.8 Å². The molecule has 0 heterocycles. The average molecular weight is 703 g/mol. The average Bonchev–Trinajstić information content (AvgIpc) is 3.59. The number of para-hydroxylation sites is 1. The van der Waals surface area contributed by atoms with Crippen LogP contribution in [0.3, 0.4) is 0 Å². The van der Waals surface area contributed by atoms with Gasteiger partial charge in [-0.2, -0.15) is 5.26 Å². The van der Waals surface area contributed by atoms with Gasteiger partial charge in [-0.25, -0.2) is 0 Å². The van der Waals surface area contributed by atoms with E-state index in [9.17, 15) is 5.26 Å². The maximum Gasteiger partial charge on any atom is 0.0992 e. The maximum absolute atomic E-state index is 9.74. The topological polar surface area (TPSA) is 27.0 Å². The van der Waals surface area contributed by atoms with E-state index in [4.69, 9.17) is 0 Å². The van der Waals surface area contributed by atoms with E-state index in [1.54, 1.807) is 0 Å². The summed E-state index contributed by atoms with van der Waals surface area (Å²) in [6, 6.07) is 71.4. The summed E-state index contributed by atoms with van der Waals surface area (Å²) in [5, 5.41) is 14.8. The zero-order valence-electron chi connectivity index (χ0n) is 30.9. The highest BCUT2D eigenvalue weighted by Gasteiger charge is 2.31. The highest BCUT2D eigenvalue weighted by molar-refractivity contribution is 6.28. The number of anilines is 3. The van der Waals surface area contributed by atoms with Gasteiger partial charge in [0.25, 0.3) is 0 Å². The van der Waals surface area contributed by atoms with E-state index in [1.807, 2.05) is 38.1 Å². The minimum Gasteiger partial charge on any atom is -0.310 e. The molecule has 0 saturated heterocycles. The molecule has 0 aliphatic heterocycles. The fraction of sp³-hybridized carbons (Fsp3) is 0.0377. The number of benzene rings is 9. The standard InChI is InChI=1S/C51H32N2.C2H6/c52-33-34-15-12-23-39(31-34)53(38-21-8-3-9-22-38)40-24-13-20-37(32-40)41-29-30-46-49-42(41)27-14-28-45(49)50-47(35-16-4-1-5-17-35)43-25-10-11-26-44(43)48(51(46)50)36-18-6-2-7-19-36;1-2/h1-32H;1-2H3. The Hall–Kier alpha value is -7.21. The minimum atomic E-state index is 0.629. The second-order valence-electron chi connectivity index (χ2n) is 13.5. The molecule has 2 heteroatoms. The molecule has 0 bridgehead atoms. The molecule has 1 aliphatic rings. The van der Waals surface area contributed by atoms with Crippen LogP contribution in [-0.2, 0) is 0 Å². The number of nitriles is 1. The first-order valence-corrected chi connectivity index (χ1v) is 19.0. The van der Waals surface area contributed by atoms with Crippen molar-refractivity contribution in [2.75, 3.05) is 4.90 Å². The Balaban J connectivity index is 0.00000195. The van der Waals surface area contributed by atoms with Crippen LogP contribution in [0.4, 0.5) is 17.1 Å². The Kier molecular flexibility index (Phi) is 8.75. The Morgan fingerprint density at radius 2 is 0.818 bits per heavy atom. The van der Waals surface area contributed by atoms with E-state index in [0.29, 0.717) is 5.56 Å². The summed E-state index contributed by atoms with van der Waals surface area (Å²) in [5.74, 6) is 0. The first kappa shape index (κ1) is 33.6. The molecular weight excluding hydrogens is 665 g/mol. The molecule has 0 unspecified atom stereocenters. The van der Waals surface area contributed by atoms with Gasteiger partial charge >= 0.3 is 0 Å². The van der Waals surface area contributed by atoms with E-state index in [-0.39, 0.29) is 0 Å². The highest BCUT2D eigenvalue weighted by Crippen LogP contribution is 2.58. The van der Waals surface area contributed by atoms with Crippen molar-refractivity contribution in [3.63, 3.8) is 0 Å². The molecule has 2 nitrogen and oxygen atoms in total. The van der Waals surface area contributed by atoms with Gasteiger partial charge in [-0.3, -0.25) is 0 Å². The van der Waals surface area contributed by atoms with Crippen LogP contribution in [0, 0.1) is 11.3 Å². The molecule has 0 spiro atoms. The first-order chi connectivity index (χ1) is 27.3. The Labute approximate surface area is 322 Å². The second kappa shape index (κ2) is 14.3. The lowest BCUT2D eigenvalue weighted by atomic mass is 9.82. The predicted octanol–water partition coefficient (Wildman–Crippen LogP) is 15.0. The summed E-state index contributed by atoms with van der Waals surface area (Å²) in [6.45, 7) is 4.00. The van der Waals surface area contributed by atoms with Crippen LogP contribution >= 0.6 is 0 Å². The second-order valence-corrected chi connectivity index (χ2v) is 13.5. The summed E-state index contributed by atoms with van der Waals surface area (Å²) in [5.41, 5.74) is 16.1. The van der Waals surface area contributed by atoms with Crippen molar-refractivity contribution >= 4 is 38.6 Å². The Morgan fingerprint density at radius 3 is 1.44 bits per heavy atom. The number of hydrogen-bond donors (Lipinski definition) is 0. The lowest BCUT2D eigenvalue weighted by molar-refractivity contribution is 1.28. The lowest BCUT2D eigenvalue weighted by Crippen LogP contribution is -2.10. The van der Waals surface area contributed by atoms with Gasteiger partial charge < -0.3 is 4.90 Å². The SMILES string of the molecule is CC.N#Cc1cccc(N(c2ccccc2)c2cccc(-c3ccc4c5c(cccc35)-c3c-4c(-c4ccccc4)c4ccccc4c3-c3ccccc3)c2)c1. The van der Waals surface area contributed by atoms with E-state index >= 15 is 0 Å². The number of hydrogen-bond acceptors (Lipinski definition) is 2. The van der Waals surface area contributed by atoms with Crippen molar-refractivity contribution in [3.8, 4) is 61.7 Å².